The number of imide groups is 2. The van der Waals surface area contributed by atoms with Gasteiger partial charge in [0.15, 0.2) is 0 Å². The zero-order valence-electron chi connectivity index (χ0n) is 13.1. The van der Waals surface area contributed by atoms with Gasteiger partial charge in [-0.1, -0.05) is 11.6 Å². The highest BCUT2D eigenvalue weighted by atomic mass is 35.5. The van der Waals surface area contributed by atoms with Crippen molar-refractivity contribution in [1.82, 2.24) is 0 Å². The molecule has 0 heterocycles. The SMILES string of the molecule is CC(=O)N(C(C)=O)c1cc(Cl)c(N(C(C)=O)C(C)=O)cc1C. The maximum Gasteiger partial charge on any atom is 0.230 e. The molecule has 0 saturated heterocycles. The summed E-state index contributed by atoms with van der Waals surface area (Å²) in [5.41, 5.74) is 1.08. The van der Waals surface area contributed by atoms with Crippen molar-refractivity contribution in [3.63, 3.8) is 0 Å². The van der Waals surface area contributed by atoms with Gasteiger partial charge in [0, 0.05) is 27.7 Å². The Balaban J connectivity index is 3.51. The summed E-state index contributed by atoms with van der Waals surface area (Å²) < 4.78 is 0. The number of hydrogen-bond donors (Lipinski definition) is 0. The summed E-state index contributed by atoms with van der Waals surface area (Å²) in [4.78, 5) is 48.4. The Morgan fingerprint density at radius 1 is 0.773 bits per heavy atom. The summed E-state index contributed by atoms with van der Waals surface area (Å²) >= 11 is 6.14. The van der Waals surface area contributed by atoms with Crippen LogP contribution < -0.4 is 9.80 Å². The fourth-order valence-electron chi connectivity index (χ4n) is 2.19. The van der Waals surface area contributed by atoms with Crippen LogP contribution >= 0.6 is 11.6 Å². The Morgan fingerprint density at radius 3 is 1.50 bits per heavy atom. The van der Waals surface area contributed by atoms with Crippen LogP contribution in [0.1, 0.15) is 33.3 Å². The second-order valence-corrected chi connectivity index (χ2v) is 5.24. The smallest absolute Gasteiger partial charge is 0.230 e. The number of rotatable bonds is 2. The number of amides is 4. The molecule has 7 heteroatoms. The van der Waals surface area contributed by atoms with E-state index >= 15 is 0 Å². The van der Waals surface area contributed by atoms with Gasteiger partial charge in [0.2, 0.25) is 23.6 Å². The fraction of sp³-hybridized carbons (Fsp3) is 0.333. The molecule has 0 radical (unpaired) electrons. The van der Waals surface area contributed by atoms with Gasteiger partial charge in [-0.2, -0.15) is 0 Å². The second-order valence-electron chi connectivity index (χ2n) is 4.84. The summed E-state index contributed by atoms with van der Waals surface area (Å²) in [6.07, 6.45) is 0. The average molecular weight is 325 g/mol. The van der Waals surface area contributed by atoms with Crippen LogP contribution in [0.3, 0.4) is 0 Å². The van der Waals surface area contributed by atoms with Gasteiger partial charge in [-0.3, -0.25) is 24.1 Å². The first-order valence-corrected chi connectivity index (χ1v) is 6.88. The predicted molar refractivity (Wildman–Crippen MR) is 83.9 cm³/mol. The van der Waals surface area contributed by atoms with E-state index in [0.717, 1.165) is 9.80 Å². The van der Waals surface area contributed by atoms with Crippen LogP contribution in [0.2, 0.25) is 5.02 Å². The Labute approximate surface area is 133 Å². The number of aryl methyl sites for hydroxylation is 1. The third-order valence-electron chi connectivity index (χ3n) is 3.01. The topological polar surface area (TPSA) is 74.8 Å². The van der Waals surface area contributed by atoms with Crippen molar-refractivity contribution in [2.45, 2.75) is 34.6 Å². The van der Waals surface area contributed by atoms with Crippen LogP contribution in [-0.4, -0.2) is 23.6 Å². The van der Waals surface area contributed by atoms with E-state index in [1.165, 1.54) is 39.8 Å². The number of anilines is 2. The molecule has 0 atom stereocenters. The van der Waals surface area contributed by atoms with E-state index in [2.05, 4.69) is 0 Å². The van der Waals surface area contributed by atoms with Crippen molar-refractivity contribution in [3.05, 3.63) is 22.7 Å². The molecular weight excluding hydrogens is 308 g/mol. The van der Waals surface area contributed by atoms with Gasteiger partial charge in [-0.25, -0.2) is 4.90 Å². The van der Waals surface area contributed by atoms with Crippen LogP contribution in [0, 0.1) is 6.92 Å². The monoisotopic (exact) mass is 324 g/mol. The molecule has 0 aliphatic heterocycles. The minimum absolute atomic E-state index is 0.0958. The Kier molecular flexibility index (Phi) is 5.43. The van der Waals surface area contributed by atoms with E-state index in [9.17, 15) is 19.2 Å². The van der Waals surface area contributed by atoms with E-state index in [-0.39, 0.29) is 10.7 Å². The highest BCUT2D eigenvalue weighted by Crippen LogP contribution is 2.34. The molecule has 22 heavy (non-hydrogen) atoms. The molecule has 0 unspecified atom stereocenters. The normalized spacial score (nSPS) is 10.1. The molecule has 1 aromatic carbocycles. The van der Waals surface area contributed by atoms with Gasteiger partial charge >= 0.3 is 0 Å². The van der Waals surface area contributed by atoms with Gasteiger partial charge < -0.3 is 0 Å². The van der Waals surface area contributed by atoms with Crippen LogP contribution in [0.4, 0.5) is 11.4 Å². The van der Waals surface area contributed by atoms with Crippen LogP contribution in [0.25, 0.3) is 0 Å². The average Bonchev–Trinajstić information content (AvgIpc) is 2.33. The molecule has 0 fully saturated rings. The minimum Gasteiger partial charge on any atom is -0.274 e. The van der Waals surface area contributed by atoms with Crippen molar-refractivity contribution in [3.8, 4) is 0 Å². The lowest BCUT2D eigenvalue weighted by atomic mass is 10.1. The molecule has 1 aromatic rings. The molecule has 0 saturated carbocycles. The maximum absolute atomic E-state index is 11.6. The van der Waals surface area contributed by atoms with Gasteiger partial charge in [-0.05, 0) is 24.6 Å². The summed E-state index contributed by atoms with van der Waals surface area (Å²) in [7, 11) is 0. The van der Waals surface area contributed by atoms with E-state index < -0.39 is 23.6 Å². The van der Waals surface area contributed by atoms with E-state index in [0.29, 0.717) is 11.3 Å². The summed E-state index contributed by atoms with van der Waals surface area (Å²) in [6, 6.07) is 2.90. The molecule has 0 N–H and O–H groups in total. The number of carbonyl (C=O) groups is 4. The second kappa shape index (κ2) is 6.70. The predicted octanol–water partition coefficient (Wildman–Crippen LogP) is 2.45. The lowest BCUT2D eigenvalue weighted by molar-refractivity contribution is -0.125. The number of hydrogen-bond acceptors (Lipinski definition) is 4. The quantitative estimate of drug-likeness (QED) is 0.837. The minimum atomic E-state index is -0.475. The lowest BCUT2D eigenvalue weighted by Gasteiger charge is -2.24. The van der Waals surface area contributed by atoms with Gasteiger partial charge in [0.05, 0.1) is 16.4 Å². The largest absolute Gasteiger partial charge is 0.274 e. The number of halogens is 1. The maximum atomic E-state index is 11.6. The molecule has 1 rings (SSSR count). The van der Waals surface area contributed by atoms with Crippen molar-refractivity contribution in [2.24, 2.45) is 0 Å². The Morgan fingerprint density at radius 2 is 1.14 bits per heavy atom. The Bertz CT molecular complexity index is 584. The highest BCUT2D eigenvalue weighted by molar-refractivity contribution is 6.35. The molecule has 0 bridgehead atoms. The summed E-state index contributed by atoms with van der Waals surface area (Å²) in [6.45, 7) is 6.68. The van der Waals surface area contributed by atoms with Crippen LogP contribution in [-0.2, 0) is 19.2 Å². The number of carbonyl (C=O) groups excluding carboxylic acids is 4. The summed E-state index contributed by atoms with van der Waals surface area (Å²) in [5.74, 6) is -1.85. The van der Waals surface area contributed by atoms with E-state index in [1.54, 1.807) is 6.92 Å². The summed E-state index contributed by atoms with van der Waals surface area (Å²) in [5, 5.41) is 0.0958. The number of nitrogens with zero attached hydrogens (tertiary/aromatic N) is 2. The first-order chi connectivity index (χ1) is 10.1. The lowest BCUT2D eigenvalue weighted by Crippen LogP contribution is -2.35. The highest BCUT2D eigenvalue weighted by Gasteiger charge is 2.24. The molecule has 0 spiro atoms. The van der Waals surface area contributed by atoms with Crippen molar-refractivity contribution in [2.75, 3.05) is 9.80 Å². The van der Waals surface area contributed by atoms with Crippen LogP contribution in [0.15, 0.2) is 12.1 Å². The molecule has 0 aromatic heterocycles. The van der Waals surface area contributed by atoms with Gasteiger partial charge in [-0.15, -0.1) is 0 Å². The first-order valence-electron chi connectivity index (χ1n) is 6.50. The van der Waals surface area contributed by atoms with Crippen LogP contribution in [0.5, 0.6) is 0 Å². The fourth-order valence-corrected chi connectivity index (χ4v) is 2.43. The third kappa shape index (κ3) is 3.51. The third-order valence-corrected chi connectivity index (χ3v) is 3.31. The van der Waals surface area contributed by atoms with Crippen molar-refractivity contribution < 1.29 is 19.2 Å². The molecule has 0 aliphatic carbocycles. The molecule has 6 nitrogen and oxygen atoms in total. The van der Waals surface area contributed by atoms with Crippen molar-refractivity contribution >= 4 is 46.6 Å². The molecule has 0 aliphatic rings. The zero-order chi connectivity index (χ0) is 17.2. The standard InChI is InChI=1S/C15H17ClN2O4/c1-8-6-15(18(11(4)21)12(5)22)13(16)7-14(8)17(9(2)19)10(3)20/h6-7H,1-5H3. The molecule has 118 valence electrons. The van der Waals surface area contributed by atoms with Gasteiger partial charge in [0.25, 0.3) is 0 Å². The van der Waals surface area contributed by atoms with E-state index in [4.69, 9.17) is 11.6 Å². The van der Waals surface area contributed by atoms with E-state index in [1.807, 2.05) is 0 Å². The zero-order valence-corrected chi connectivity index (χ0v) is 13.8. The number of benzene rings is 1. The molecule has 4 amide bonds. The van der Waals surface area contributed by atoms with Crippen molar-refractivity contribution in [1.29, 1.82) is 0 Å². The van der Waals surface area contributed by atoms with Gasteiger partial charge in [0.1, 0.15) is 0 Å². The molecular formula is C15H17ClN2O4. The Hall–Kier alpha value is -2.21. The first kappa shape index (κ1) is 17.8.